The molecule has 2 N–H and O–H groups in total. The minimum Gasteiger partial charge on any atom is -0.478 e. The van der Waals surface area contributed by atoms with E-state index in [0.29, 0.717) is 39.5 Å². The van der Waals surface area contributed by atoms with Crippen molar-refractivity contribution in [2.24, 2.45) is 0 Å². The highest BCUT2D eigenvalue weighted by Gasteiger charge is 2.32. The van der Waals surface area contributed by atoms with Crippen molar-refractivity contribution < 1.29 is 27.5 Å². The summed E-state index contributed by atoms with van der Waals surface area (Å²) in [5.74, 6) is -1.14. The lowest BCUT2D eigenvalue weighted by Gasteiger charge is -2.20. The lowest BCUT2D eigenvalue weighted by molar-refractivity contribution is -0.137. The first kappa shape index (κ1) is 24.0. The van der Waals surface area contributed by atoms with Crippen LogP contribution in [0.25, 0.3) is 22.3 Å². The van der Waals surface area contributed by atoms with Gasteiger partial charge in [-0.1, -0.05) is 6.07 Å². The summed E-state index contributed by atoms with van der Waals surface area (Å²) in [6, 6.07) is 8.86. The van der Waals surface area contributed by atoms with Gasteiger partial charge in [0.25, 0.3) is 0 Å². The van der Waals surface area contributed by atoms with E-state index in [2.05, 4.69) is 10.3 Å². The molecule has 0 radical (unpaired) electrons. The molecule has 4 aromatic rings. The maximum Gasteiger partial charge on any atom is 0.416 e. The summed E-state index contributed by atoms with van der Waals surface area (Å²) in [6.07, 6.45) is -1.50. The number of aromatic carboxylic acids is 1. The second-order valence-electron chi connectivity index (χ2n) is 8.29. The Morgan fingerprint density at radius 3 is 2.51 bits per heavy atom. The number of hydrogen-bond donors (Lipinski definition) is 2. The fraction of sp³-hybridized carbons (Fsp3) is 0.192. The van der Waals surface area contributed by atoms with Gasteiger partial charge in [0, 0.05) is 34.8 Å². The van der Waals surface area contributed by atoms with Crippen LogP contribution in [0.2, 0.25) is 0 Å². The Bertz CT molecular complexity index is 1490. The van der Waals surface area contributed by atoms with Crippen molar-refractivity contribution in [3.63, 3.8) is 0 Å². The smallest absolute Gasteiger partial charge is 0.416 e. The Labute approximate surface area is 198 Å². The number of rotatable bonds is 5. The summed E-state index contributed by atoms with van der Waals surface area (Å²) in [6.45, 7) is 5.18. The molecule has 180 valence electrons. The molecule has 0 amide bonds. The van der Waals surface area contributed by atoms with Crippen molar-refractivity contribution in [3.8, 4) is 11.3 Å². The van der Waals surface area contributed by atoms with Crippen LogP contribution in [0.5, 0.6) is 0 Å². The molecule has 0 fully saturated rings. The van der Waals surface area contributed by atoms with Gasteiger partial charge in [-0.05, 0) is 62.7 Å². The second-order valence-corrected chi connectivity index (χ2v) is 8.29. The summed E-state index contributed by atoms with van der Waals surface area (Å²) >= 11 is 0. The first-order chi connectivity index (χ1) is 16.5. The fourth-order valence-electron chi connectivity index (χ4n) is 4.00. The number of nitrogens with one attached hydrogen (secondary N) is 1. The van der Waals surface area contributed by atoms with Crippen molar-refractivity contribution in [2.75, 3.05) is 5.32 Å². The van der Waals surface area contributed by atoms with E-state index in [1.807, 2.05) is 0 Å². The third kappa shape index (κ3) is 4.62. The zero-order valence-corrected chi connectivity index (χ0v) is 19.0. The summed E-state index contributed by atoms with van der Waals surface area (Å²) in [7, 11) is 0. The molecule has 2 heterocycles. The number of anilines is 1. The molecule has 2 aromatic heterocycles. The molecule has 0 unspecified atom stereocenters. The van der Waals surface area contributed by atoms with E-state index in [-0.39, 0.29) is 11.1 Å². The number of aryl methyl sites for hydroxylation is 1. The molecule has 0 saturated heterocycles. The maximum absolute atomic E-state index is 13.2. The first-order valence-corrected chi connectivity index (χ1v) is 10.7. The highest BCUT2D eigenvalue weighted by atomic mass is 19.4. The van der Waals surface area contributed by atoms with Gasteiger partial charge < -0.3 is 14.8 Å². The first-order valence-electron chi connectivity index (χ1n) is 10.7. The molecule has 0 aliphatic carbocycles. The lowest BCUT2D eigenvalue weighted by atomic mass is 9.98. The third-order valence-corrected chi connectivity index (χ3v) is 5.73. The molecule has 4 rings (SSSR count). The lowest BCUT2D eigenvalue weighted by Crippen LogP contribution is -2.15. The number of aromatic nitrogens is 1. The molecule has 0 bridgehead atoms. The van der Waals surface area contributed by atoms with Crippen molar-refractivity contribution in [3.05, 3.63) is 92.9 Å². The van der Waals surface area contributed by atoms with Crippen LogP contribution >= 0.6 is 0 Å². The molecule has 0 aliphatic rings. The number of carboxylic acid groups (broad SMARTS) is 1. The molecule has 1 atom stereocenters. The molecular formula is C26H21F3N2O4. The number of pyridine rings is 1. The van der Waals surface area contributed by atoms with E-state index >= 15 is 0 Å². The summed E-state index contributed by atoms with van der Waals surface area (Å²) in [5, 5.41) is 12.8. The number of hydrogen-bond acceptors (Lipinski definition) is 5. The van der Waals surface area contributed by atoms with Crippen LogP contribution < -0.4 is 10.7 Å². The van der Waals surface area contributed by atoms with E-state index in [9.17, 15) is 27.9 Å². The summed E-state index contributed by atoms with van der Waals surface area (Å²) in [4.78, 5) is 29.0. The topological polar surface area (TPSA) is 92.4 Å². The standard InChI is InChI=1S/C26H21F3N2O4/c1-13-9-18(15(3)31-21-7-6-17(26(27,28)29)11-19(21)25(33)34)24-20(10-13)22(32)14(2)23(35-24)16-5-4-8-30-12-16/h4-12,15,31H,1-3H3,(H,33,34)/t15-/m1/s1. The van der Waals surface area contributed by atoms with Gasteiger partial charge in [0.1, 0.15) is 11.3 Å². The second kappa shape index (κ2) is 8.90. The Morgan fingerprint density at radius 2 is 1.89 bits per heavy atom. The number of carboxylic acids is 1. The van der Waals surface area contributed by atoms with E-state index < -0.39 is 29.3 Å². The third-order valence-electron chi connectivity index (χ3n) is 5.73. The fourth-order valence-corrected chi connectivity index (χ4v) is 4.00. The van der Waals surface area contributed by atoms with Crippen molar-refractivity contribution in [1.29, 1.82) is 0 Å². The number of nitrogens with zero attached hydrogens (tertiary/aromatic N) is 1. The van der Waals surface area contributed by atoms with Crippen LogP contribution in [0.4, 0.5) is 18.9 Å². The highest BCUT2D eigenvalue weighted by Crippen LogP contribution is 2.35. The van der Waals surface area contributed by atoms with Crippen LogP contribution in [-0.4, -0.2) is 16.1 Å². The SMILES string of the molecule is Cc1cc([C@@H](C)Nc2ccc(C(F)(F)F)cc2C(=O)O)c2oc(-c3cccnc3)c(C)c(=O)c2c1. The Kier molecular flexibility index (Phi) is 6.10. The number of fused-ring (bicyclic) bond motifs is 1. The summed E-state index contributed by atoms with van der Waals surface area (Å²) < 4.78 is 45.5. The van der Waals surface area contributed by atoms with Crippen LogP contribution in [0.1, 0.15) is 45.6 Å². The zero-order valence-electron chi connectivity index (χ0n) is 19.0. The average Bonchev–Trinajstić information content (AvgIpc) is 2.81. The molecular weight excluding hydrogens is 461 g/mol. The predicted octanol–water partition coefficient (Wildman–Crippen LogP) is 6.36. The van der Waals surface area contributed by atoms with Crippen LogP contribution in [0, 0.1) is 13.8 Å². The van der Waals surface area contributed by atoms with Gasteiger partial charge in [-0.15, -0.1) is 0 Å². The molecule has 2 aromatic carbocycles. The largest absolute Gasteiger partial charge is 0.478 e. The number of alkyl halides is 3. The molecule has 0 saturated carbocycles. The minimum atomic E-state index is -4.68. The average molecular weight is 482 g/mol. The number of benzene rings is 2. The van der Waals surface area contributed by atoms with Crippen molar-refractivity contribution >= 4 is 22.6 Å². The van der Waals surface area contributed by atoms with E-state index in [1.165, 1.54) is 0 Å². The molecule has 0 aliphatic heterocycles. The Hall–Kier alpha value is -4.14. The normalized spacial score (nSPS) is 12.5. The van der Waals surface area contributed by atoms with Gasteiger partial charge >= 0.3 is 12.1 Å². The molecule has 9 heteroatoms. The van der Waals surface area contributed by atoms with Crippen LogP contribution in [0.15, 0.2) is 64.1 Å². The van der Waals surface area contributed by atoms with Crippen LogP contribution in [-0.2, 0) is 6.18 Å². The Balaban J connectivity index is 1.85. The van der Waals surface area contributed by atoms with Gasteiger partial charge in [0.05, 0.1) is 22.6 Å². The molecule has 35 heavy (non-hydrogen) atoms. The summed E-state index contributed by atoms with van der Waals surface area (Å²) in [5.41, 5.74) is 0.872. The van der Waals surface area contributed by atoms with E-state index in [4.69, 9.17) is 4.42 Å². The Morgan fingerprint density at radius 1 is 1.14 bits per heavy atom. The van der Waals surface area contributed by atoms with Gasteiger partial charge in [-0.25, -0.2) is 4.79 Å². The van der Waals surface area contributed by atoms with Crippen LogP contribution in [0.3, 0.4) is 0 Å². The molecule has 0 spiro atoms. The number of carbonyl (C=O) groups is 1. The monoisotopic (exact) mass is 482 g/mol. The van der Waals surface area contributed by atoms with E-state index in [0.717, 1.165) is 17.7 Å². The minimum absolute atomic E-state index is 0.00889. The van der Waals surface area contributed by atoms with Crippen molar-refractivity contribution in [1.82, 2.24) is 4.98 Å². The predicted molar refractivity (Wildman–Crippen MR) is 126 cm³/mol. The van der Waals surface area contributed by atoms with Gasteiger partial charge in [-0.3, -0.25) is 9.78 Å². The highest BCUT2D eigenvalue weighted by molar-refractivity contribution is 5.95. The van der Waals surface area contributed by atoms with E-state index in [1.54, 1.807) is 57.4 Å². The quantitative estimate of drug-likeness (QED) is 0.344. The van der Waals surface area contributed by atoms with Gasteiger partial charge in [0.15, 0.2) is 5.43 Å². The molecule has 6 nitrogen and oxygen atoms in total. The maximum atomic E-state index is 13.2. The van der Waals surface area contributed by atoms with Crippen molar-refractivity contribution in [2.45, 2.75) is 33.0 Å². The van der Waals surface area contributed by atoms with Gasteiger partial charge in [-0.2, -0.15) is 13.2 Å². The number of halogens is 3. The zero-order chi connectivity index (χ0) is 25.5. The van der Waals surface area contributed by atoms with Gasteiger partial charge in [0.2, 0.25) is 0 Å².